The van der Waals surface area contributed by atoms with E-state index in [2.05, 4.69) is 31.3 Å². The molecule has 0 heterocycles. The molecule has 4 aromatic carbocycles. The van der Waals surface area contributed by atoms with Gasteiger partial charge >= 0.3 is 29.6 Å². The van der Waals surface area contributed by atoms with Crippen LogP contribution in [0.1, 0.15) is 0 Å². The first-order valence-corrected chi connectivity index (χ1v) is 16.6. The van der Waals surface area contributed by atoms with E-state index in [1.54, 1.807) is 42.5 Å². The fraction of sp³-hybridized carbons (Fsp3) is 0.0556. The molecule has 0 saturated carbocycles. The van der Waals surface area contributed by atoms with Gasteiger partial charge < -0.3 is 24.2 Å². The summed E-state index contributed by atoms with van der Waals surface area (Å²) in [6, 6.07) is 17.5. The number of benzene rings is 4. The molecule has 262 valence electrons. The second kappa shape index (κ2) is 16.2. The summed E-state index contributed by atoms with van der Waals surface area (Å²) >= 11 is 0. The van der Waals surface area contributed by atoms with Gasteiger partial charge in [-0.2, -0.15) is 10.2 Å². The Balaban J connectivity index is 0.00000541. The molecule has 0 radical (unpaired) electrons. The van der Waals surface area contributed by atoms with Gasteiger partial charge in [-0.1, -0.05) is 18.2 Å². The number of carbonyl (C=O) groups excluding carboxylic acids is 2. The van der Waals surface area contributed by atoms with E-state index >= 15 is 0 Å². The maximum absolute atomic E-state index is 11.8. The number of methoxy groups -OCH3 is 2. The molecule has 2 aliphatic carbocycles. The van der Waals surface area contributed by atoms with Crippen molar-refractivity contribution in [3.05, 3.63) is 115 Å². The van der Waals surface area contributed by atoms with Gasteiger partial charge in [-0.25, -0.2) is 8.42 Å². The van der Waals surface area contributed by atoms with Crippen LogP contribution in [0, 0.1) is 0 Å². The zero-order chi connectivity index (χ0) is 37.0. The van der Waals surface area contributed by atoms with Gasteiger partial charge in [-0.15, -0.1) is 10.2 Å². The fourth-order valence-corrected chi connectivity index (χ4v) is 5.60. The standard InChI is InChI=1S/C36H28N6O9S.Na/c1-50-35-15-20(21-4-10-32(36(16-21)51-2)42-40-30-12-6-23(44)18-34(30)46)3-9-31(35)41-37-27-13-14-28(38-39-29-11-5-22(43)17-33(29)45)26-19-24(52(47,48)49)7-8-25(26)27;/h3-19,38,42,45-46H,1-2H3,(H,47,48,49);/q;+1/p-1/b39-29+,40-30-,41-37?;. The number of nitrogens with zero attached hydrogens (tertiary/aromatic N) is 4. The maximum Gasteiger partial charge on any atom is 1.00 e. The Bertz CT molecular complexity index is 2490. The predicted molar refractivity (Wildman–Crippen MR) is 193 cm³/mol. The van der Waals surface area contributed by atoms with Gasteiger partial charge in [-0.3, -0.25) is 20.4 Å². The Kier molecular flexibility index (Phi) is 11.7. The quantitative estimate of drug-likeness (QED) is 0.0605. The number of allylic oxidation sites excluding steroid dienone is 6. The summed E-state index contributed by atoms with van der Waals surface area (Å²) in [4.78, 5) is 22.4. The number of ether oxygens (including phenoxy) is 2. The number of hydrogen-bond acceptors (Lipinski definition) is 15. The van der Waals surface area contributed by atoms with Crippen LogP contribution in [0.5, 0.6) is 11.5 Å². The van der Waals surface area contributed by atoms with Crippen molar-refractivity contribution in [3.8, 4) is 22.6 Å². The van der Waals surface area contributed by atoms with E-state index in [9.17, 15) is 32.8 Å². The second-order valence-electron chi connectivity index (χ2n) is 11.0. The monoisotopic (exact) mass is 742 g/mol. The van der Waals surface area contributed by atoms with Crippen molar-refractivity contribution in [2.24, 2.45) is 20.4 Å². The fourth-order valence-electron chi connectivity index (χ4n) is 5.10. The van der Waals surface area contributed by atoms with Crippen LogP contribution in [-0.2, 0) is 19.7 Å². The van der Waals surface area contributed by atoms with Gasteiger partial charge in [0.25, 0.3) is 0 Å². The molecule has 0 atom stereocenters. The zero-order valence-corrected chi connectivity index (χ0v) is 31.1. The molecule has 2 aliphatic rings. The molecule has 53 heavy (non-hydrogen) atoms. The van der Waals surface area contributed by atoms with E-state index in [-0.39, 0.29) is 69.4 Å². The molecule has 17 heteroatoms. The van der Waals surface area contributed by atoms with Crippen molar-refractivity contribution in [1.29, 1.82) is 0 Å². The Morgan fingerprint density at radius 2 is 1.17 bits per heavy atom. The van der Waals surface area contributed by atoms with Crippen LogP contribution in [0.25, 0.3) is 21.9 Å². The number of hydrogen-bond donors (Lipinski definition) is 4. The van der Waals surface area contributed by atoms with Crippen LogP contribution in [-0.4, -0.2) is 60.4 Å². The number of aliphatic hydroxyl groups excluding tert-OH is 2. The molecule has 0 saturated heterocycles. The number of fused-ring (bicyclic) bond motifs is 1. The maximum atomic E-state index is 11.8. The van der Waals surface area contributed by atoms with Crippen molar-refractivity contribution in [1.82, 2.24) is 0 Å². The van der Waals surface area contributed by atoms with Crippen LogP contribution < -0.4 is 49.9 Å². The van der Waals surface area contributed by atoms with Crippen LogP contribution in [0.3, 0.4) is 0 Å². The Morgan fingerprint density at radius 3 is 1.75 bits per heavy atom. The number of nitrogens with one attached hydrogen (secondary N) is 2. The van der Waals surface area contributed by atoms with Gasteiger partial charge in [0.15, 0.2) is 11.6 Å². The minimum absolute atomic E-state index is 0. The molecule has 15 nitrogen and oxygen atoms in total. The summed E-state index contributed by atoms with van der Waals surface area (Å²) in [7, 11) is -1.83. The summed E-state index contributed by atoms with van der Waals surface area (Å²) in [5.74, 6) is -0.523. The van der Waals surface area contributed by atoms with Crippen molar-refractivity contribution in [2.45, 2.75) is 4.90 Å². The Labute approximate surface area is 324 Å². The first-order chi connectivity index (χ1) is 24.9. The summed E-state index contributed by atoms with van der Waals surface area (Å²) in [5, 5.41) is 37.8. The normalized spacial score (nSPS) is 15.8. The van der Waals surface area contributed by atoms with Gasteiger partial charge in [0.1, 0.15) is 50.2 Å². The third-order valence-electron chi connectivity index (χ3n) is 7.72. The van der Waals surface area contributed by atoms with Gasteiger partial charge in [0.05, 0.1) is 36.2 Å². The summed E-state index contributed by atoms with van der Waals surface area (Å²) < 4.78 is 46.7. The molecule has 6 rings (SSSR count). The minimum Gasteiger partial charge on any atom is -0.744 e. The number of rotatable bonds is 10. The van der Waals surface area contributed by atoms with Gasteiger partial charge in [0, 0.05) is 22.9 Å². The summed E-state index contributed by atoms with van der Waals surface area (Å²) in [5.41, 5.74) is 8.85. The molecular weight excluding hydrogens is 715 g/mol. The molecule has 4 aromatic rings. The van der Waals surface area contributed by atoms with Crippen molar-refractivity contribution < 1.29 is 71.8 Å². The number of aliphatic hydroxyl groups is 2. The van der Waals surface area contributed by atoms with Gasteiger partial charge in [0.2, 0.25) is 0 Å². The van der Waals surface area contributed by atoms with E-state index < -0.39 is 20.8 Å². The number of carbonyl (C=O) groups is 2. The molecule has 0 aromatic heterocycles. The van der Waals surface area contributed by atoms with Gasteiger partial charge in [-0.05, 0) is 84.0 Å². The molecule has 0 spiro atoms. The van der Waals surface area contributed by atoms with E-state index in [0.717, 1.165) is 29.3 Å². The smallest absolute Gasteiger partial charge is 0.744 e. The molecule has 0 fully saturated rings. The van der Waals surface area contributed by atoms with E-state index in [4.69, 9.17) is 9.47 Å². The average Bonchev–Trinajstić information content (AvgIpc) is 3.12. The molecule has 0 unspecified atom stereocenters. The topological polar surface area (TPSA) is 224 Å². The third kappa shape index (κ3) is 8.77. The van der Waals surface area contributed by atoms with Crippen LogP contribution in [0.4, 0.5) is 22.7 Å². The van der Waals surface area contributed by atoms with Crippen LogP contribution in [0.2, 0.25) is 0 Å². The van der Waals surface area contributed by atoms with Crippen molar-refractivity contribution in [3.63, 3.8) is 0 Å². The molecule has 0 bridgehead atoms. The average molecular weight is 743 g/mol. The largest absolute Gasteiger partial charge is 1.00 e. The van der Waals surface area contributed by atoms with E-state index in [0.29, 0.717) is 33.9 Å². The number of hydrazone groups is 2. The summed E-state index contributed by atoms with van der Waals surface area (Å²) in [6.07, 6.45) is 7.29. The SMILES string of the molecule is COc1cc(-c2ccc(N/N=C3/C=CC(=O)C=C3O)c(OC)c2)ccc1N=Nc1ccc(N/N=C2\C=CC(=O)C=C2O)c2cc(S(=O)(=O)[O-])ccc12.[Na+]. The van der Waals surface area contributed by atoms with Crippen molar-refractivity contribution >= 4 is 66.6 Å². The van der Waals surface area contributed by atoms with Crippen molar-refractivity contribution in [2.75, 3.05) is 25.1 Å². The third-order valence-corrected chi connectivity index (χ3v) is 8.55. The molecular formula is C36H27N6NaO9S. The first-order valence-electron chi connectivity index (χ1n) is 15.2. The van der Waals surface area contributed by atoms with Crippen LogP contribution >= 0.6 is 0 Å². The van der Waals surface area contributed by atoms with E-state index in [1.165, 1.54) is 50.7 Å². The Hall–Kier alpha value is -5.91. The Morgan fingerprint density at radius 1 is 0.642 bits per heavy atom. The number of anilines is 2. The molecule has 0 aliphatic heterocycles. The second-order valence-corrected chi connectivity index (χ2v) is 12.4. The number of azo groups is 1. The predicted octanol–water partition coefficient (Wildman–Crippen LogP) is 3.54. The van der Waals surface area contributed by atoms with E-state index in [1.807, 2.05) is 6.07 Å². The minimum atomic E-state index is -4.81. The number of ketones is 2. The zero-order valence-electron chi connectivity index (χ0n) is 28.3. The molecule has 4 N–H and O–H groups in total. The summed E-state index contributed by atoms with van der Waals surface area (Å²) in [6.45, 7) is 0. The van der Waals surface area contributed by atoms with Crippen LogP contribution in [0.15, 0.2) is 140 Å². The first kappa shape index (κ1) is 38.3. The molecule has 0 amide bonds.